The molecule has 1 aliphatic rings. The number of nitrogens with one attached hydrogen (secondary N) is 2. The number of hydroxylamine groups is 3. The lowest BCUT2D eigenvalue weighted by Gasteiger charge is -2.24. The molecule has 42 heavy (non-hydrogen) atoms. The Balaban J connectivity index is 1.45. The van der Waals surface area contributed by atoms with E-state index < -0.39 is 42.5 Å². The van der Waals surface area contributed by atoms with Crippen LogP contribution < -0.4 is 10.0 Å². The maximum absolute atomic E-state index is 13.3. The van der Waals surface area contributed by atoms with Gasteiger partial charge in [-0.25, -0.2) is 13.6 Å². The van der Waals surface area contributed by atoms with Crippen LogP contribution in [0.5, 0.6) is 0 Å². The lowest BCUT2D eigenvalue weighted by Crippen LogP contribution is -2.46. The van der Waals surface area contributed by atoms with Gasteiger partial charge >= 0.3 is 6.18 Å². The smallest absolute Gasteiger partial charge is 0.346 e. The molecule has 0 aromatic heterocycles. The van der Waals surface area contributed by atoms with Crippen molar-refractivity contribution in [3.63, 3.8) is 0 Å². The van der Waals surface area contributed by atoms with Gasteiger partial charge in [0.1, 0.15) is 19.6 Å². The van der Waals surface area contributed by atoms with Crippen molar-refractivity contribution in [1.82, 2.24) is 5.32 Å². The summed E-state index contributed by atoms with van der Waals surface area (Å²) in [6.45, 7) is 2.05. The van der Waals surface area contributed by atoms with Crippen molar-refractivity contribution in [2.75, 3.05) is 30.9 Å². The molecule has 1 aliphatic heterocycles. The van der Waals surface area contributed by atoms with Crippen molar-refractivity contribution in [2.24, 2.45) is 0 Å². The van der Waals surface area contributed by atoms with E-state index >= 15 is 0 Å². The van der Waals surface area contributed by atoms with Crippen LogP contribution in [0.1, 0.15) is 34.3 Å². The van der Waals surface area contributed by atoms with Crippen molar-refractivity contribution in [2.45, 2.75) is 34.6 Å². The third kappa shape index (κ3) is 8.03. The molecule has 3 N–H and O–H groups in total. The van der Waals surface area contributed by atoms with Crippen molar-refractivity contribution in [1.29, 1.82) is 0 Å². The quantitative estimate of drug-likeness (QED) is 0.236. The van der Waals surface area contributed by atoms with E-state index in [1.165, 1.54) is 18.2 Å². The van der Waals surface area contributed by atoms with Crippen LogP contribution >= 0.6 is 23.2 Å². The highest BCUT2D eigenvalue weighted by molar-refractivity contribution is 7.92. The first-order valence-electron chi connectivity index (χ1n) is 12.7. The number of carbonyl (C=O) groups is 1. The fourth-order valence-corrected chi connectivity index (χ4v) is 7.27. The summed E-state index contributed by atoms with van der Waals surface area (Å²) >= 11 is 11.6. The Bertz CT molecular complexity index is 1600. The molecule has 226 valence electrons. The molecule has 0 aliphatic carbocycles. The Morgan fingerprint density at radius 1 is 1.00 bits per heavy atom. The van der Waals surface area contributed by atoms with E-state index in [2.05, 4.69) is 10.0 Å². The number of hydrogen-bond acceptors (Lipinski definition) is 5. The van der Waals surface area contributed by atoms with E-state index in [1.54, 1.807) is 24.3 Å². The molecule has 0 radical (unpaired) electrons. The number of benzene rings is 3. The van der Waals surface area contributed by atoms with Gasteiger partial charge in [-0.05, 0) is 54.1 Å². The number of halogens is 5. The topological polar surface area (TPSA) is 113 Å². The summed E-state index contributed by atoms with van der Waals surface area (Å²) in [7, 11) is -6.37. The highest BCUT2D eigenvalue weighted by atomic mass is 35.5. The monoisotopic (exact) mass is 664 g/mol. The zero-order valence-corrected chi connectivity index (χ0v) is 25.1. The molecule has 4 rings (SSSR count). The van der Waals surface area contributed by atoms with Gasteiger partial charge in [0.2, 0.25) is 0 Å². The standard InChI is InChI=1S/C27H26Cl2F3N3O5S2/c28-20-7-10-25(24(15-20)34-42(39,40)21-8-9-23(29)22(16-21)27(30,31)32)41(38)17-18-3-5-19(6-4-18)26(36)33-11-14-35(37)12-1-2-13-35/h3-10,15-16,34,37H,1-2,11-14,17H2/p+1. The van der Waals surface area contributed by atoms with Gasteiger partial charge < -0.3 is 5.32 Å². The van der Waals surface area contributed by atoms with Gasteiger partial charge in [0.15, 0.2) is 0 Å². The number of rotatable bonds is 10. The minimum atomic E-state index is -4.88. The molecule has 0 saturated carbocycles. The molecule has 1 fully saturated rings. The average molecular weight is 666 g/mol. The molecule has 1 unspecified atom stereocenters. The van der Waals surface area contributed by atoms with Crippen LogP contribution in [0.25, 0.3) is 0 Å². The fourth-order valence-electron chi connectivity index (χ4n) is 4.48. The largest absolute Gasteiger partial charge is 0.417 e. The second-order valence-electron chi connectivity index (χ2n) is 9.80. The minimum absolute atomic E-state index is 0.0534. The number of sulfonamides is 1. The SMILES string of the molecule is O=C(NCC[N+]1(O)CCCC1)c1ccc(CS(=O)c2ccc(Cl)cc2NS(=O)(=O)c2ccc(Cl)c(C(F)(F)F)c2)cc1. The van der Waals surface area contributed by atoms with E-state index in [0.29, 0.717) is 43.4 Å². The van der Waals surface area contributed by atoms with Gasteiger partial charge in [0.05, 0.1) is 49.2 Å². The first-order chi connectivity index (χ1) is 19.7. The van der Waals surface area contributed by atoms with E-state index in [9.17, 15) is 35.8 Å². The maximum atomic E-state index is 13.3. The van der Waals surface area contributed by atoms with Crippen LogP contribution in [0.4, 0.5) is 18.9 Å². The summed E-state index contributed by atoms with van der Waals surface area (Å²) in [4.78, 5) is 11.9. The minimum Gasteiger partial charge on any atom is -0.346 e. The zero-order valence-electron chi connectivity index (χ0n) is 22.0. The summed E-state index contributed by atoms with van der Waals surface area (Å²) < 4.78 is 81.2. The summed E-state index contributed by atoms with van der Waals surface area (Å²) in [6, 6.07) is 12.5. The number of anilines is 1. The predicted molar refractivity (Wildman–Crippen MR) is 153 cm³/mol. The number of amides is 1. The van der Waals surface area contributed by atoms with E-state index in [4.69, 9.17) is 23.2 Å². The lowest BCUT2D eigenvalue weighted by molar-refractivity contribution is -1.09. The zero-order chi connectivity index (χ0) is 30.7. The first-order valence-corrected chi connectivity index (χ1v) is 16.3. The number of alkyl halides is 3. The Morgan fingerprint density at radius 2 is 1.67 bits per heavy atom. The number of nitrogens with zero attached hydrogens (tertiary/aromatic N) is 1. The predicted octanol–water partition coefficient (Wildman–Crippen LogP) is 5.85. The van der Waals surface area contributed by atoms with Gasteiger partial charge in [0, 0.05) is 23.4 Å². The normalized spacial score (nSPS) is 15.8. The van der Waals surface area contributed by atoms with Crippen LogP contribution in [0.3, 0.4) is 0 Å². The summed E-state index contributed by atoms with van der Waals surface area (Å²) in [5.41, 5.74) is -0.526. The molecule has 15 heteroatoms. The Morgan fingerprint density at radius 3 is 2.31 bits per heavy atom. The van der Waals surface area contributed by atoms with Crippen molar-refractivity contribution in [3.05, 3.63) is 87.4 Å². The first kappa shape index (κ1) is 32.2. The molecular formula is C27H27Cl2F3N3O5S2+. The van der Waals surface area contributed by atoms with E-state index in [-0.39, 0.29) is 31.9 Å². The third-order valence-electron chi connectivity index (χ3n) is 6.71. The van der Waals surface area contributed by atoms with E-state index in [0.717, 1.165) is 25.0 Å². The number of likely N-dealkylation sites (tertiary alicyclic amines) is 1. The summed E-state index contributed by atoms with van der Waals surface area (Å²) in [5.74, 6) is -0.374. The van der Waals surface area contributed by atoms with Crippen LogP contribution in [-0.2, 0) is 32.8 Å². The molecule has 3 aromatic rings. The molecule has 1 amide bonds. The van der Waals surface area contributed by atoms with Gasteiger partial charge in [0.25, 0.3) is 15.9 Å². The molecule has 1 heterocycles. The third-order valence-corrected chi connectivity index (χ3v) is 10.1. The number of carbonyl (C=O) groups excluding carboxylic acids is 1. The maximum Gasteiger partial charge on any atom is 0.417 e. The molecule has 0 spiro atoms. The number of hydrogen-bond donors (Lipinski definition) is 3. The summed E-state index contributed by atoms with van der Waals surface area (Å²) in [5, 5.41) is 12.6. The molecule has 3 aromatic carbocycles. The molecule has 1 atom stereocenters. The van der Waals surface area contributed by atoms with Crippen molar-refractivity contribution < 1.29 is 40.4 Å². The van der Waals surface area contributed by atoms with Crippen LogP contribution in [-0.4, -0.2) is 54.6 Å². The fraction of sp³-hybridized carbons (Fsp3) is 0.296. The lowest BCUT2D eigenvalue weighted by atomic mass is 10.1. The average Bonchev–Trinajstić information content (AvgIpc) is 3.34. The summed E-state index contributed by atoms with van der Waals surface area (Å²) in [6.07, 6.45) is -2.98. The van der Waals surface area contributed by atoms with Gasteiger partial charge in [-0.3, -0.25) is 13.7 Å². The molecule has 0 bridgehead atoms. The van der Waals surface area contributed by atoms with Crippen molar-refractivity contribution >= 4 is 55.6 Å². The second-order valence-corrected chi connectivity index (χ2v) is 13.7. The highest BCUT2D eigenvalue weighted by Crippen LogP contribution is 2.36. The Hall–Kier alpha value is -2.68. The van der Waals surface area contributed by atoms with E-state index in [1.807, 2.05) is 0 Å². The van der Waals surface area contributed by atoms with Gasteiger partial charge in [-0.15, -0.1) is 0 Å². The van der Waals surface area contributed by atoms with Gasteiger partial charge in [-0.2, -0.15) is 17.8 Å². The Kier molecular flexibility index (Phi) is 9.90. The highest BCUT2D eigenvalue weighted by Gasteiger charge is 2.35. The van der Waals surface area contributed by atoms with Crippen LogP contribution in [0.2, 0.25) is 10.0 Å². The molecule has 1 saturated heterocycles. The number of quaternary nitrogens is 1. The van der Waals surface area contributed by atoms with Gasteiger partial charge in [-0.1, -0.05) is 35.3 Å². The van der Waals surface area contributed by atoms with Crippen molar-refractivity contribution in [3.8, 4) is 0 Å². The Labute approximate surface area is 253 Å². The molecular weight excluding hydrogens is 638 g/mol. The van der Waals surface area contributed by atoms with Crippen LogP contribution in [0, 0.1) is 0 Å². The van der Waals surface area contributed by atoms with Crippen LogP contribution in [0.15, 0.2) is 70.5 Å². The molecule has 8 nitrogen and oxygen atoms in total. The second kappa shape index (κ2) is 12.9.